The van der Waals surface area contributed by atoms with Gasteiger partial charge in [0.1, 0.15) is 6.54 Å². The first kappa shape index (κ1) is 15.0. The lowest BCUT2D eigenvalue weighted by atomic mass is 10.2. The topological polar surface area (TPSA) is 69.6 Å². The molecule has 19 heavy (non-hydrogen) atoms. The van der Waals surface area contributed by atoms with Crippen molar-refractivity contribution in [3.8, 4) is 0 Å². The van der Waals surface area contributed by atoms with Crippen LogP contribution in [0.25, 0.3) is 0 Å². The molecular weight excluding hydrogens is 244 g/mol. The van der Waals surface area contributed by atoms with Gasteiger partial charge in [0.2, 0.25) is 0 Å². The molecule has 0 saturated heterocycles. The van der Waals surface area contributed by atoms with Crippen molar-refractivity contribution in [2.75, 3.05) is 11.4 Å². The highest BCUT2D eigenvalue weighted by atomic mass is 16.4. The molecule has 0 unspecified atom stereocenters. The van der Waals surface area contributed by atoms with E-state index in [0.29, 0.717) is 5.69 Å². The van der Waals surface area contributed by atoms with Crippen LogP contribution in [-0.4, -0.2) is 29.7 Å². The van der Waals surface area contributed by atoms with E-state index in [4.69, 9.17) is 5.11 Å². The minimum atomic E-state index is -1.04. The first-order valence-corrected chi connectivity index (χ1v) is 6.43. The molecule has 1 rings (SSSR count). The van der Waals surface area contributed by atoms with E-state index in [1.807, 2.05) is 19.9 Å². The monoisotopic (exact) mass is 264 g/mol. The van der Waals surface area contributed by atoms with Crippen LogP contribution in [0.2, 0.25) is 0 Å². The van der Waals surface area contributed by atoms with E-state index >= 15 is 0 Å². The third kappa shape index (κ3) is 4.62. The van der Waals surface area contributed by atoms with Crippen molar-refractivity contribution in [3.63, 3.8) is 0 Å². The number of aliphatic carboxylic acids is 1. The summed E-state index contributed by atoms with van der Waals surface area (Å²) in [5, 5.41) is 11.8. The molecule has 0 radical (unpaired) electrons. The zero-order valence-electron chi connectivity index (χ0n) is 11.3. The molecule has 0 spiro atoms. The molecule has 0 bridgehead atoms. The van der Waals surface area contributed by atoms with E-state index < -0.39 is 5.97 Å². The van der Waals surface area contributed by atoms with Gasteiger partial charge in [0, 0.05) is 11.7 Å². The van der Waals surface area contributed by atoms with E-state index in [2.05, 4.69) is 5.32 Å². The fourth-order valence-corrected chi connectivity index (χ4v) is 1.77. The van der Waals surface area contributed by atoms with Crippen LogP contribution in [0.15, 0.2) is 30.3 Å². The normalized spacial score (nSPS) is 10.3. The maximum atomic E-state index is 12.2. The van der Waals surface area contributed by atoms with Crippen LogP contribution in [0.4, 0.5) is 10.5 Å². The third-order valence-corrected chi connectivity index (χ3v) is 2.92. The van der Waals surface area contributed by atoms with Crippen molar-refractivity contribution < 1.29 is 14.7 Å². The fraction of sp³-hybridized carbons (Fsp3) is 0.429. The minimum Gasteiger partial charge on any atom is -0.480 e. The summed E-state index contributed by atoms with van der Waals surface area (Å²) in [5.41, 5.74) is 0.577. The largest absolute Gasteiger partial charge is 0.480 e. The number of urea groups is 1. The molecule has 5 heteroatoms. The average Bonchev–Trinajstić information content (AvgIpc) is 2.42. The van der Waals surface area contributed by atoms with Crippen molar-refractivity contribution in [2.24, 2.45) is 0 Å². The first-order valence-electron chi connectivity index (χ1n) is 6.43. The van der Waals surface area contributed by atoms with Crippen molar-refractivity contribution in [1.82, 2.24) is 5.32 Å². The maximum absolute atomic E-state index is 12.2. The molecule has 0 aliphatic carbocycles. The van der Waals surface area contributed by atoms with E-state index in [9.17, 15) is 9.59 Å². The van der Waals surface area contributed by atoms with E-state index in [-0.39, 0.29) is 18.6 Å². The molecule has 1 aromatic rings. The molecule has 0 atom stereocenters. The van der Waals surface area contributed by atoms with Gasteiger partial charge in [-0.1, -0.05) is 32.0 Å². The van der Waals surface area contributed by atoms with Crippen LogP contribution in [0.5, 0.6) is 0 Å². The van der Waals surface area contributed by atoms with Crippen LogP contribution >= 0.6 is 0 Å². The highest BCUT2D eigenvalue weighted by molar-refractivity contribution is 5.96. The number of nitrogens with zero attached hydrogens (tertiary/aromatic N) is 1. The Balaban J connectivity index is 2.85. The number of nitrogens with one attached hydrogen (secondary N) is 1. The van der Waals surface area contributed by atoms with E-state index in [0.717, 1.165) is 12.8 Å². The zero-order chi connectivity index (χ0) is 14.3. The van der Waals surface area contributed by atoms with Crippen molar-refractivity contribution in [2.45, 2.75) is 32.7 Å². The lowest BCUT2D eigenvalue weighted by Gasteiger charge is -2.24. The number of hydrogen-bond acceptors (Lipinski definition) is 2. The standard InChI is InChI=1S/C14H20N2O3/c1-3-11(4-2)15-14(19)16(10-13(17)18)12-8-6-5-7-9-12/h5-9,11H,3-4,10H2,1-2H3,(H,15,19)(H,17,18). The van der Waals surface area contributed by atoms with Gasteiger partial charge in [-0.25, -0.2) is 4.79 Å². The number of para-hydroxylation sites is 1. The highest BCUT2D eigenvalue weighted by Crippen LogP contribution is 2.13. The van der Waals surface area contributed by atoms with Crippen molar-refractivity contribution >= 4 is 17.7 Å². The smallest absolute Gasteiger partial charge is 0.323 e. The molecule has 5 nitrogen and oxygen atoms in total. The summed E-state index contributed by atoms with van der Waals surface area (Å²) >= 11 is 0. The second-order valence-electron chi connectivity index (χ2n) is 4.28. The summed E-state index contributed by atoms with van der Waals surface area (Å²) in [5.74, 6) is -1.04. The van der Waals surface area contributed by atoms with Gasteiger partial charge in [-0.2, -0.15) is 0 Å². The number of anilines is 1. The van der Waals surface area contributed by atoms with Gasteiger partial charge in [0.15, 0.2) is 0 Å². The first-order chi connectivity index (χ1) is 9.08. The molecule has 0 fully saturated rings. The van der Waals surface area contributed by atoms with Gasteiger partial charge < -0.3 is 10.4 Å². The number of carboxylic acid groups (broad SMARTS) is 1. The predicted molar refractivity (Wildman–Crippen MR) is 74.3 cm³/mol. The van der Waals surface area contributed by atoms with Gasteiger partial charge in [0.25, 0.3) is 0 Å². The van der Waals surface area contributed by atoms with Crippen LogP contribution in [-0.2, 0) is 4.79 Å². The summed E-state index contributed by atoms with van der Waals surface area (Å²) in [6.45, 7) is 3.62. The second kappa shape index (κ2) is 7.41. The number of carbonyl (C=O) groups excluding carboxylic acids is 1. The van der Waals surface area contributed by atoms with Gasteiger partial charge in [-0.15, -0.1) is 0 Å². The number of hydrogen-bond donors (Lipinski definition) is 2. The van der Waals surface area contributed by atoms with Crippen LogP contribution in [0.1, 0.15) is 26.7 Å². The summed E-state index contributed by atoms with van der Waals surface area (Å²) in [6.07, 6.45) is 1.63. The number of benzene rings is 1. The summed E-state index contributed by atoms with van der Waals surface area (Å²) < 4.78 is 0. The number of rotatable bonds is 6. The Hall–Kier alpha value is -2.04. The molecular formula is C14H20N2O3. The highest BCUT2D eigenvalue weighted by Gasteiger charge is 2.20. The predicted octanol–water partition coefficient (Wildman–Crippen LogP) is 2.48. The third-order valence-electron chi connectivity index (χ3n) is 2.92. The summed E-state index contributed by atoms with van der Waals surface area (Å²) in [7, 11) is 0. The Labute approximate surface area is 113 Å². The molecule has 0 aliphatic heterocycles. The molecule has 0 aliphatic rings. The van der Waals surface area contributed by atoms with Crippen molar-refractivity contribution in [3.05, 3.63) is 30.3 Å². The van der Waals surface area contributed by atoms with Crippen molar-refractivity contribution in [1.29, 1.82) is 0 Å². The zero-order valence-corrected chi connectivity index (χ0v) is 11.3. The van der Waals surface area contributed by atoms with Crippen LogP contribution in [0, 0.1) is 0 Å². The van der Waals surface area contributed by atoms with Crippen LogP contribution < -0.4 is 10.2 Å². The fourth-order valence-electron chi connectivity index (χ4n) is 1.77. The Bertz CT molecular complexity index is 416. The van der Waals surface area contributed by atoms with Gasteiger partial charge in [-0.05, 0) is 25.0 Å². The second-order valence-corrected chi connectivity index (χ2v) is 4.28. The Morgan fingerprint density at radius 2 is 1.79 bits per heavy atom. The maximum Gasteiger partial charge on any atom is 0.323 e. The van der Waals surface area contributed by atoms with E-state index in [1.165, 1.54) is 4.90 Å². The SMILES string of the molecule is CCC(CC)NC(=O)N(CC(=O)O)c1ccccc1. The Kier molecular flexibility index (Phi) is 5.85. The molecule has 2 N–H and O–H groups in total. The number of carboxylic acids is 1. The Morgan fingerprint density at radius 3 is 2.26 bits per heavy atom. The summed E-state index contributed by atoms with van der Waals surface area (Å²) in [6, 6.07) is 8.49. The number of carbonyl (C=O) groups is 2. The quantitative estimate of drug-likeness (QED) is 0.829. The molecule has 2 amide bonds. The molecule has 0 saturated carbocycles. The molecule has 0 heterocycles. The van der Waals surface area contributed by atoms with Gasteiger partial charge >= 0.3 is 12.0 Å². The molecule has 104 valence electrons. The molecule has 1 aromatic carbocycles. The van der Waals surface area contributed by atoms with Gasteiger partial charge in [0.05, 0.1) is 0 Å². The average molecular weight is 264 g/mol. The number of amides is 2. The minimum absolute atomic E-state index is 0.0625. The Morgan fingerprint density at radius 1 is 1.21 bits per heavy atom. The van der Waals surface area contributed by atoms with Crippen LogP contribution in [0.3, 0.4) is 0 Å². The van der Waals surface area contributed by atoms with Gasteiger partial charge in [-0.3, -0.25) is 9.69 Å². The summed E-state index contributed by atoms with van der Waals surface area (Å²) in [4.78, 5) is 24.3. The lowest BCUT2D eigenvalue weighted by Crippen LogP contribution is -2.46. The lowest BCUT2D eigenvalue weighted by molar-refractivity contribution is -0.135. The molecule has 0 aromatic heterocycles. The van der Waals surface area contributed by atoms with E-state index in [1.54, 1.807) is 24.3 Å².